The van der Waals surface area contributed by atoms with E-state index in [1.54, 1.807) is 48.5 Å². The molecule has 0 radical (unpaired) electrons. The third-order valence-electron chi connectivity index (χ3n) is 7.20. The molecule has 0 atom stereocenters. The number of aryl methyl sites for hydroxylation is 2. The third-order valence-corrected chi connectivity index (χ3v) is 8.62. The highest BCUT2D eigenvalue weighted by molar-refractivity contribution is 7.22. The maximum Gasteiger partial charge on any atom is 0.491 e. The first-order chi connectivity index (χ1) is 20.6. The van der Waals surface area contributed by atoms with Gasteiger partial charge in [-0.15, -0.1) is 11.3 Å². The molecule has 1 fully saturated rings. The Morgan fingerprint density at radius 3 is 2.51 bits per heavy atom. The summed E-state index contributed by atoms with van der Waals surface area (Å²) in [5.41, 5.74) is 1.66. The number of thiophene rings is 1. The minimum atomic E-state index is -5.29. The van der Waals surface area contributed by atoms with Gasteiger partial charge in [0, 0.05) is 36.1 Å². The summed E-state index contributed by atoms with van der Waals surface area (Å²) in [6.07, 6.45) is -4.40. The molecule has 0 bridgehead atoms. The fraction of sp³-hybridized carbons (Fsp3) is 0.310. The standard InChI is InChI=1S/C29H25ClF3N5O4S/c1-17-34-21-15-20(7-8-23(21)37(17)10-2-9-36-11-13-41-14-12-36)38-26(39)25-22(35-28(38)42-27(40)29(31,32)33)16-24(43-25)18-3-5-19(30)6-4-18/h3-8,15-16H,2,9-14H2,1H3. The molecule has 1 aliphatic heterocycles. The lowest BCUT2D eigenvalue weighted by Crippen LogP contribution is -2.37. The Balaban J connectivity index is 1.39. The predicted molar refractivity (Wildman–Crippen MR) is 157 cm³/mol. The predicted octanol–water partition coefficient (Wildman–Crippen LogP) is 5.62. The Morgan fingerprint density at radius 1 is 1.05 bits per heavy atom. The number of hydrogen-bond donors (Lipinski definition) is 0. The van der Waals surface area contributed by atoms with Crippen LogP contribution in [0.15, 0.2) is 53.3 Å². The van der Waals surface area contributed by atoms with Crippen LogP contribution in [0.1, 0.15) is 12.2 Å². The van der Waals surface area contributed by atoms with Gasteiger partial charge in [0.05, 0.1) is 35.5 Å². The van der Waals surface area contributed by atoms with Crippen LogP contribution < -0.4 is 10.3 Å². The van der Waals surface area contributed by atoms with E-state index in [1.807, 2.05) is 6.92 Å². The van der Waals surface area contributed by atoms with Crippen molar-refractivity contribution < 1.29 is 27.4 Å². The van der Waals surface area contributed by atoms with E-state index in [9.17, 15) is 22.8 Å². The fourth-order valence-corrected chi connectivity index (χ4v) is 6.25. The normalized spacial score (nSPS) is 14.5. The smallest absolute Gasteiger partial charge is 0.385 e. The van der Waals surface area contributed by atoms with Crippen molar-refractivity contribution in [2.24, 2.45) is 0 Å². The van der Waals surface area contributed by atoms with Gasteiger partial charge in [-0.2, -0.15) is 18.2 Å². The minimum absolute atomic E-state index is 0.0997. The molecule has 0 amide bonds. The molecule has 9 nitrogen and oxygen atoms in total. The van der Waals surface area contributed by atoms with E-state index in [1.165, 1.54) is 0 Å². The Bertz CT molecular complexity index is 1880. The number of nitrogens with zero attached hydrogens (tertiary/aromatic N) is 5. The van der Waals surface area contributed by atoms with Crippen LogP contribution in [0.3, 0.4) is 0 Å². The zero-order chi connectivity index (χ0) is 30.3. The van der Waals surface area contributed by atoms with Gasteiger partial charge < -0.3 is 14.0 Å². The van der Waals surface area contributed by atoms with Crippen molar-refractivity contribution in [3.8, 4) is 22.1 Å². The van der Waals surface area contributed by atoms with Crippen LogP contribution in [0.5, 0.6) is 6.01 Å². The molecular weight excluding hydrogens is 607 g/mol. The van der Waals surface area contributed by atoms with E-state index >= 15 is 0 Å². The summed E-state index contributed by atoms with van der Waals surface area (Å²) in [7, 11) is 0. The lowest BCUT2D eigenvalue weighted by molar-refractivity contribution is -0.190. The average molecular weight is 632 g/mol. The molecule has 2 aromatic carbocycles. The summed E-state index contributed by atoms with van der Waals surface area (Å²) >= 11 is 7.11. The van der Waals surface area contributed by atoms with Crippen LogP contribution in [0.25, 0.3) is 37.4 Å². The van der Waals surface area contributed by atoms with Crippen LogP contribution in [0.2, 0.25) is 5.02 Å². The first-order valence-corrected chi connectivity index (χ1v) is 14.7. The van der Waals surface area contributed by atoms with Gasteiger partial charge in [0.1, 0.15) is 10.5 Å². The number of alkyl halides is 3. The molecule has 14 heteroatoms. The Morgan fingerprint density at radius 2 is 1.79 bits per heavy atom. The molecule has 4 heterocycles. The van der Waals surface area contributed by atoms with Gasteiger partial charge in [-0.05, 0) is 55.3 Å². The second-order valence-corrected chi connectivity index (χ2v) is 11.5. The summed E-state index contributed by atoms with van der Waals surface area (Å²) in [6.45, 7) is 6.74. The van der Waals surface area contributed by atoms with Crippen LogP contribution >= 0.6 is 22.9 Å². The zero-order valence-electron chi connectivity index (χ0n) is 22.9. The van der Waals surface area contributed by atoms with E-state index in [4.69, 9.17) is 16.3 Å². The maximum absolute atomic E-state index is 13.8. The highest BCUT2D eigenvalue weighted by Gasteiger charge is 2.42. The van der Waals surface area contributed by atoms with E-state index in [0.29, 0.717) is 22.0 Å². The van der Waals surface area contributed by atoms with Crippen molar-refractivity contribution in [3.63, 3.8) is 0 Å². The molecule has 3 aromatic heterocycles. The number of esters is 1. The number of halogens is 4. The molecule has 43 heavy (non-hydrogen) atoms. The van der Waals surface area contributed by atoms with Crippen LogP contribution in [-0.2, 0) is 16.1 Å². The summed E-state index contributed by atoms with van der Waals surface area (Å²) in [4.78, 5) is 37.4. The monoisotopic (exact) mass is 631 g/mol. The fourth-order valence-electron chi connectivity index (χ4n) is 5.09. The summed E-state index contributed by atoms with van der Waals surface area (Å²) in [5.74, 6) is -1.73. The Hall–Kier alpha value is -3.78. The van der Waals surface area contributed by atoms with E-state index in [0.717, 1.165) is 72.1 Å². The summed E-state index contributed by atoms with van der Waals surface area (Å²) in [5, 5.41) is 0.525. The van der Waals surface area contributed by atoms with Crippen LogP contribution in [0, 0.1) is 6.92 Å². The van der Waals surface area contributed by atoms with Crippen molar-refractivity contribution in [1.82, 2.24) is 24.0 Å². The first-order valence-electron chi connectivity index (χ1n) is 13.5. The first kappa shape index (κ1) is 29.3. The third kappa shape index (κ3) is 6.03. The van der Waals surface area contributed by atoms with Gasteiger partial charge in [0.2, 0.25) is 0 Å². The van der Waals surface area contributed by atoms with Gasteiger partial charge in [0.25, 0.3) is 5.56 Å². The summed E-state index contributed by atoms with van der Waals surface area (Å²) < 4.78 is 52.8. The molecular formula is C29H25ClF3N5O4S. The van der Waals surface area contributed by atoms with Crippen molar-refractivity contribution >= 4 is 50.2 Å². The van der Waals surface area contributed by atoms with Gasteiger partial charge in [-0.3, -0.25) is 9.69 Å². The van der Waals surface area contributed by atoms with Gasteiger partial charge in [0.15, 0.2) is 0 Å². The Kier molecular flexibility index (Phi) is 7.98. The van der Waals surface area contributed by atoms with Crippen molar-refractivity contribution in [3.05, 3.63) is 69.7 Å². The zero-order valence-corrected chi connectivity index (χ0v) is 24.4. The molecule has 0 aliphatic carbocycles. The van der Waals surface area contributed by atoms with Crippen molar-refractivity contribution in [2.75, 3.05) is 32.8 Å². The number of aromatic nitrogens is 4. The number of carbonyl (C=O) groups excluding carboxylic acids is 1. The molecule has 1 saturated heterocycles. The number of rotatable bonds is 7. The largest absolute Gasteiger partial charge is 0.491 e. The molecule has 224 valence electrons. The molecule has 0 saturated carbocycles. The number of carbonyl (C=O) groups is 1. The number of morpholine rings is 1. The molecule has 0 N–H and O–H groups in total. The lowest BCUT2D eigenvalue weighted by atomic mass is 10.2. The maximum atomic E-state index is 13.8. The second-order valence-electron chi connectivity index (χ2n) is 10.0. The molecule has 1 aliphatic rings. The lowest BCUT2D eigenvalue weighted by Gasteiger charge is -2.26. The molecule has 6 rings (SSSR count). The average Bonchev–Trinajstić information content (AvgIpc) is 3.54. The topological polar surface area (TPSA) is 91.5 Å². The van der Waals surface area contributed by atoms with Gasteiger partial charge in [-0.1, -0.05) is 23.7 Å². The molecule has 5 aromatic rings. The van der Waals surface area contributed by atoms with Crippen LogP contribution in [0.4, 0.5) is 13.2 Å². The summed E-state index contributed by atoms with van der Waals surface area (Å²) in [6, 6.07) is 12.5. The van der Waals surface area contributed by atoms with Crippen molar-refractivity contribution in [2.45, 2.75) is 26.1 Å². The minimum Gasteiger partial charge on any atom is -0.385 e. The molecule has 0 spiro atoms. The quantitative estimate of drug-likeness (QED) is 0.216. The number of imidazole rings is 1. The van der Waals surface area contributed by atoms with E-state index in [-0.39, 0.29) is 15.9 Å². The highest BCUT2D eigenvalue weighted by Crippen LogP contribution is 2.34. The van der Waals surface area contributed by atoms with Crippen molar-refractivity contribution in [1.29, 1.82) is 0 Å². The molecule has 0 unspecified atom stereocenters. The second kappa shape index (κ2) is 11.7. The SMILES string of the molecule is Cc1nc2cc(-n3c(OC(=O)C(F)(F)F)nc4cc(-c5ccc(Cl)cc5)sc4c3=O)ccc2n1CCCN1CCOCC1. The van der Waals surface area contributed by atoms with Gasteiger partial charge in [-0.25, -0.2) is 14.3 Å². The number of fused-ring (bicyclic) bond motifs is 2. The van der Waals surface area contributed by atoms with Gasteiger partial charge >= 0.3 is 18.2 Å². The Labute approximate surface area is 252 Å². The highest BCUT2D eigenvalue weighted by atomic mass is 35.5. The number of benzene rings is 2. The van der Waals surface area contributed by atoms with E-state index < -0.39 is 23.7 Å². The van der Waals surface area contributed by atoms with Crippen LogP contribution in [-0.4, -0.2) is 69.0 Å². The number of hydrogen-bond acceptors (Lipinski definition) is 8. The number of ether oxygens (including phenoxy) is 2. The van der Waals surface area contributed by atoms with E-state index in [2.05, 4.69) is 24.2 Å².